The third-order valence-corrected chi connectivity index (χ3v) is 6.44. The number of nitro benzene ring substituents is 1. The number of carbonyl (C=O) groups excluding carboxylic acids is 1. The molecule has 0 fully saturated rings. The van der Waals surface area contributed by atoms with E-state index in [1.165, 1.54) is 6.07 Å². The maximum absolute atomic E-state index is 12.5. The summed E-state index contributed by atoms with van der Waals surface area (Å²) in [7, 11) is -4.23. The van der Waals surface area contributed by atoms with E-state index >= 15 is 0 Å². The van der Waals surface area contributed by atoms with E-state index in [0.717, 1.165) is 17.7 Å². The van der Waals surface area contributed by atoms with Crippen LogP contribution in [-0.4, -0.2) is 29.4 Å². The van der Waals surface area contributed by atoms with E-state index < -0.39 is 25.2 Å². The van der Waals surface area contributed by atoms with Crippen molar-refractivity contribution in [2.75, 3.05) is 10.0 Å². The van der Waals surface area contributed by atoms with E-state index in [-0.39, 0.29) is 21.5 Å². The number of nitro groups is 1. The highest BCUT2D eigenvalue weighted by molar-refractivity contribution is 7.94. The van der Waals surface area contributed by atoms with E-state index in [0.29, 0.717) is 16.9 Å². The van der Waals surface area contributed by atoms with Gasteiger partial charge in [-0.2, -0.15) is 8.42 Å². The van der Waals surface area contributed by atoms with Gasteiger partial charge in [0.05, 0.1) is 15.6 Å². The maximum atomic E-state index is 12.5. The van der Waals surface area contributed by atoms with E-state index in [1.807, 2.05) is 13.0 Å². The molecule has 13 heteroatoms. The van der Waals surface area contributed by atoms with Crippen LogP contribution >= 0.6 is 22.9 Å². The first-order valence-corrected chi connectivity index (χ1v) is 10.5. The number of hydrogen-bond donors (Lipinski definition) is 2. The lowest BCUT2D eigenvalue weighted by molar-refractivity contribution is -0.384. The molecule has 10 nitrogen and oxygen atoms in total. The van der Waals surface area contributed by atoms with Crippen molar-refractivity contribution in [2.24, 2.45) is 0 Å². The van der Waals surface area contributed by atoms with Gasteiger partial charge in [0, 0.05) is 17.7 Å². The third kappa shape index (κ3) is 4.85. The molecule has 0 atom stereocenters. The molecule has 3 aromatic rings. The molecular weight excluding hydrogens is 442 g/mol. The number of nitrogens with zero attached hydrogens (tertiary/aromatic N) is 3. The molecule has 2 N–H and O–H groups in total. The van der Waals surface area contributed by atoms with Crippen LogP contribution in [0.1, 0.15) is 15.9 Å². The van der Waals surface area contributed by atoms with E-state index in [2.05, 4.69) is 20.2 Å². The van der Waals surface area contributed by atoms with Crippen molar-refractivity contribution in [3.63, 3.8) is 0 Å². The fourth-order valence-electron chi connectivity index (χ4n) is 2.22. The number of aryl methyl sites for hydroxylation is 1. The van der Waals surface area contributed by atoms with Crippen molar-refractivity contribution < 1.29 is 18.1 Å². The lowest BCUT2D eigenvalue weighted by Crippen LogP contribution is -2.13. The van der Waals surface area contributed by atoms with Gasteiger partial charge >= 0.3 is 0 Å². The zero-order valence-electron chi connectivity index (χ0n) is 14.6. The molecule has 29 heavy (non-hydrogen) atoms. The Kier molecular flexibility index (Phi) is 5.77. The minimum absolute atomic E-state index is 0.0259. The summed E-state index contributed by atoms with van der Waals surface area (Å²) in [6.07, 6.45) is 0. The van der Waals surface area contributed by atoms with Crippen molar-refractivity contribution in [1.82, 2.24) is 10.2 Å². The van der Waals surface area contributed by atoms with Gasteiger partial charge < -0.3 is 0 Å². The standard InChI is InChI=1S/C16H12ClN5O5S2/c1-9-3-2-4-10(7-9)14(23)18-15-19-20-16(28-15)29(26,27)21-13-8-11(22(24)25)5-6-12(13)17/h2-8,21H,1H3,(H,18,19,23). The van der Waals surface area contributed by atoms with Crippen LogP contribution in [0.3, 0.4) is 0 Å². The highest BCUT2D eigenvalue weighted by Gasteiger charge is 2.23. The molecule has 0 saturated carbocycles. The molecule has 0 saturated heterocycles. The third-order valence-electron chi connectivity index (χ3n) is 3.54. The summed E-state index contributed by atoms with van der Waals surface area (Å²) in [6, 6.07) is 10.1. The minimum atomic E-state index is -4.23. The number of rotatable bonds is 6. The van der Waals surface area contributed by atoms with Crippen LogP contribution in [0.5, 0.6) is 0 Å². The van der Waals surface area contributed by atoms with E-state index in [1.54, 1.807) is 18.2 Å². The number of amides is 1. The number of hydrogen-bond acceptors (Lipinski definition) is 8. The lowest BCUT2D eigenvalue weighted by Gasteiger charge is -2.06. The second-order valence-electron chi connectivity index (χ2n) is 5.72. The predicted molar refractivity (Wildman–Crippen MR) is 108 cm³/mol. The van der Waals surface area contributed by atoms with E-state index in [9.17, 15) is 23.3 Å². The average molecular weight is 454 g/mol. The Balaban J connectivity index is 1.79. The van der Waals surface area contributed by atoms with Crippen molar-refractivity contribution in [2.45, 2.75) is 11.3 Å². The molecule has 0 spiro atoms. The van der Waals surface area contributed by atoms with Gasteiger partial charge in [-0.25, -0.2) is 0 Å². The molecule has 0 aliphatic rings. The Labute approximate surface area is 173 Å². The maximum Gasteiger partial charge on any atom is 0.291 e. The Hall–Kier alpha value is -3.09. The van der Waals surface area contributed by atoms with Gasteiger partial charge in [0.2, 0.25) is 5.13 Å². The normalized spacial score (nSPS) is 11.1. The topological polar surface area (TPSA) is 144 Å². The molecule has 3 rings (SSSR count). The van der Waals surface area contributed by atoms with Gasteiger partial charge in [0.1, 0.15) is 0 Å². The summed E-state index contributed by atoms with van der Waals surface area (Å²) < 4.78 is 26.7. The molecule has 0 unspecified atom stereocenters. The number of aromatic nitrogens is 2. The minimum Gasteiger partial charge on any atom is -0.296 e. The number of carbonyl (C=O) groups is 1. The molecule has 0 aliphatic heterocycles. The predicted octanol–water partition coefficient (Wildman–Crippen LogP) is 3.46. The zero-order chi connectivity index (χ0) is 21.2. The number of nitrogens with one attached hydrogen (secondary N) is 2. The van der Waals surface area contributed by atoms with Crippen LogP contribution < -0.4 is 10.0 Å². The highest BCUT2D eigenvalue weighted by Crippen LogP contribution is 2.30. The Bertz CT molecular complexity index is 1210. The molecule has 150 valence electrons. The van der Waals surface area contributed by atoms with Gasteiger partial charge in [-0.15, -0.1) is 10.2 Å². The van der Waals surface area contributed by atoms with Crippen molar-refractivity contribution in [3.05, 3.63) is 68.7 Å². The molecule has 1 amide bonds. The zero-order valence-corrected chi connectivity index (χ0v) is 17.0. The SMILES string of the molecule is Cc1cccc(C(=O)Nc2nnc(S(=O)(=O)Nc3cc([N+](=O)[O-])ccc3Cl)s2)c1. The summed E-state index contributed by atoms with van der Waals surface area (Å²) in [5, 5.41) is 20.5. The van der Waals surface area contributed by atoms with Gasteiger partial charge in [-0.1, -0.05) is 40.6 Å². The fraction of sp³-hybridized carbons (Fsp3) is 0.0625. The Morgan fingerprint density at radius 3 is 2.66 bits per heavy atom. The smallest absolute Gasteiger partial charge is 0.291 e. The molecule has 1 heterocycles. The number of non-ortho nitro benzene ring substituents is 1. The van der Waals surface area contributed by atoms with Crippen molar-refractivity contribution in [1.29, 1.82) is 0 Å². The fourth-order valence-corrected chi connectivity index (χ4v) is 4.41. The molecule has 0 aliphatic carbocycles. The second kappa shape index (κ2) is 8.11. The first kappa shape index (κ1) is 20.6. The van der Waals surface area contributed by atoms with E-state index in [4.69, 9.17) is 11.6 Å². The Morgan fingerprint density at radius 1 is 1.21 bits per heavy atom. The summed E-state index contributed by atoms with van der Waals surface area (Å²) in [4.78, 5) is 22.4. The second-order valence-corrected chi connectivity index (χ2v) is 8.96. The Morgan fingerprint density at radius 2 is 1.97 bits per heavy atom. The van der Waals surface area contributed by atoms with Gasteiger partial charge in [0.15, 0.2) is 0 Å². The molecule has 2 aromatic carbocycles. The molecule has 1 aromatic heterocycles. The van der Waals surface area contributed by atoms with Crippen LogP contribution in [0.2, 0.25) is 5.02 Å². The number of sulfonamides is 1. The number of halogens is 1. The van der Waals surface area contributed by atoms with Crippen molar-refractivity contribution in [3.8, 4) is 0 Å². The summed E-state index contributed by atoms with van der Waals surface area (Å²) in [5.74, 6) is -0.469. The monoisotopic (exact) mass is 453 g/mol. The summed E-state index contributed by atoms with van der Waals surface area (Å²) in [6.45, 7) is 1.83. The van der Waals surface area contributed by atoms with Crippen molar-refractivity contribution >= 4 is 55.4 Å². The highest BCUT2D eigenvalue weighted by atomic mass is 35.5. The number of anilines is 2. The summed E-state index contributed by atoms with van der Waals surface area (Å²) in [5.41, 5.74) is 0.749. The first-order chi connectivity index (χ1) is 13.7. The largest absolute Gasteiger partial charge is 0.296 e. The molecular formula is C16H12ClN5O5S2. The lowest BCUT2D eigenvalue weighted by atomic mass is 10.1. The van der Waals surface area contributed by atoms with Gasteiger partial charge in [0.25, 0.3) is 26.0 Å². The van der Waals surface area contributed by atoms with Crippen LogP contribution in [-0.2, 0) is 10.0 Å². The van der Waals surface area contributed by atoms with Gasteiger partial charge in [-0.3, -0.25) is 24.9 Å². The van der Waals surface area contributed by atoms with Crippen LogP contribution in [0.25, 0.3) is 0 Å². The van der Waals surface area contributed by atoms with Crippen LogP contribution in [0, 0.1) is 17.0 Å². The molecule has 0 bridgehead atoms. The van der Waals surface area contributed by atoms with Crippen LogP contribution in [0.15, 0.2) is 46.8 Å². The summed E-state index contributed by atoms with van der Waals surface area (Å²) >= 11 is 6.53. The average Bonchev–Trinajstić information content (AvgIpc) is 3.12. The quantitative estimate of drug-likeness (QED) is 0.330. The first-order valence-electron chi connectivity index (χ1n) is 7.84. The van der Waals surface area contributed by atoms with Crippen LogP contribution in [0.4, 0.5) is 16.5 Å². The molecule has 0 radical (unpaired) electrons. The number of benzene rings is 2. The van der Waals surface area contributed by atoms with Gasteiger partial charge in [-0.05, 0) is 25.1 Å².